The standard InChI is InChI=1S/C12H9NO2/c1-15-12(14)11-7-4-6-10(9-11)5-2-3-8-13/h4,6-7,9H,3H2,1H3. The van der Waals surface area contributed by atoms with Crippen molar-refractivity contribution in [1.82, 2.24) is 0 Å². The molecule has 3 nitrogen and oxygen atoms in total. The predicted octanol–water partition coefficient (Wildman–Crippen LogP) is 1.74. The molecule has 0 saturated carbocycles. The molecular formula is C12H9NO2. The lowest BCUT2D eigenvalue weighted by molar-refractivity contribution is 0.0600. The van der Waals surface area contributed by atoms with Crippen LogP contribution in [0.5, 0.6) is 0 Å². The van der Waals surface area contributed by atoms with Crippen molar-refractivity contribution in [1.29, 1.82) is 5.26 Å². The third kappa shape index (κ3) is 3.17. The van der Waals surface area contributed by atoms with Gasteiger partial charge in [0.05, 0.1) is 25.2 Å². The monoisotopic (exact) mass is 199 g/mol. The fraction of sp³-hybridized carbons (Fsp3) is 0.167. The lowest BCUT2D eigenvalue weighted by atomic mass is 10.1. The molecule has 0 fully saturated rings. The SMILES string of the molecule is COC(=O)c1cccc(C#CCC#N)c1. The Kier molecular flexibility index (Phi) is 3.94. The lowest BCUT2D eigenvalue weighted by Crippen LogP contribution is -2.00. The smallest absolute Gasteiger partial charge is 0.337 e. The average molecular weight is 199 g/mol. The number of nitriles is 1. The van der Waals surface area contributed by atoms with Crippen molar-refractivity contribution < 1.29 is 9.53 Å². The Labute approximate surface area is 88.3 Å². The van der Waals surface area contributed by atoms with E-state index in [1.165, 1.54) is 7.11 Å². The van der Waals surface area contributed by atoms with Crippen LogP contribution in [0.25, 0.3) is 0 Å². The number of hydrogen-bond donors (Lipinski definition) is 0. The minimum Gasteiger partial charge on any atom is -0.465 e. The second kappa shape index (κ2) is 5.47. The molecule has 3 heteroatoms. The van der Waals surface area contributed by atoms with Gasteiger partial charge in [0.25, 0.3) is 0 Å². The van der Waals surface area contributed by atoms with Gasteiger partial charge in [0.2, 0.25) is 0 Å². The molecule has 0 heterocycles. The van der Waals surface area contributed by atoms with Gasteiger partial charge in [-0.2, -0.15) is 5.26 Å². The molecule has 0 amide bonds. The maximum atomic E-state index is 11.2. The first kappa shape index (κ1) is 10.8. The first-order valence-electron chi connectivity index (χ1n) is 4.32. The van der Waals surface area contributed by atoms with Gasteiger partial charge in [-0.1, -0.05) is 17.9 Å². The van der Waals surface area contributed by atoms with Gasteiger partial charge in [-0.3, -0.25) is 0 Å². The van der Waals surface area contributed by atoms with E-state index in [1.54, 1.807) is 24.3 Å². The molecule has 0 aromatic heterocycles. The van der Waals surface area contributed by atoms with E-state index in [0.29, 0.717) is 11.1 Å². The molecule has 1 aromatic rings. The van der Waals surface area contributed by atoms with Gasteiger partial charge in [0.15, 0.2) is 0 Å². The summed E-state index contributed by atoms with van der Waals surface area (Å²) in [6.07, 6.45) is 0.183. The number of benzene rings is 1. The molecule has 0 spiro atoms. The largest absolute Gasteiger partial charge is 0.465 e. The summed E-state index contributed by atoms with van der Waals surface area (Å²) in [5.74, 6) is 5.07. The summed E-state index contributed by atoms with van der Waals surface area (Å²) in [4.78, 5) is 11.2. The highest BCUT2D eigenvalue weighted by molar-refractivity contribution is 5.89. The van der Waals surface area contributed by atoms with E-state index in [1.807, 2.05) is 6.07 Å². The third-order valence-electron chi connectivity index (χ3n) is 1.68. The van der Waals surface area contributed by atoms with E-state index >= 15 is 0 Å². The molecule has 0 N–H and O–H groups in total. The molecule has 0 atom stereocenters. The maximum Gasteiger partial charge on any atom is 0.337 e. The number of nitrogens with zero attached hydrogens (tertiary/aromatic N) is 1. The Hall–Kier alpha value is -2.26. The highest BCUT2D eigenvalue weighted by Gasteiger charge is 2.03. The number of carbonyl (C=O) groups is 1. The van der Waals surface area contributed by atoms with Gasteiger partial charge < -0.3 is 4.74 Å². The summed E-state index contributed by atoms with van der Waals surface area (Å²) >= 11 is 0. The van der Waals surface area contributed by atoms with Gasteiger partial charge in [-0.25, -0.2) is 4.79 Å². The predicted molar refractivity (Wildman–Crippen MR) is 54.9 cm³/mol. The number of ether oxygens (including phenoxy) is 1. The van der Waals surface area contributed by atoms with Crippen molar-refractivity contribution in [3.63, 3.8) is 0 Å². The topological polar surface area (TPSA) is 50.1 Å². The van der Waals surface area contributed by atoms with Gasteiger partial charge in [-0.15, -0.1) is 0 Å². The maximum absolute atomic E-state index is 11.2. The van der Waals surface area contributed by atoms with Crippen LogP contribution in [-0.2, 0) is 4.74 Å². The summed E-state index contributed by atoms with van der Waals surface area (Å²) in [5, 5.41) is 8.30. The van der Waals surface area contributed by atoms with Crippen molar-refractivity contribution in [3.05, 3.63) is 35.4 Å². The number of esters is 1. The molecule has 0 saturated heterocycles. The zero-order chi connectivity index (χ0) is 11.1. The number of carbonyl (C=O) groups excluding carboxylic acids is 1. The van der Waals surface area contributed by atoms with Crippen LogP contribution < -0.4 is 0 Å². The summed E-state index contributed by atoms with van der Waals surface area (Å²) in [7, 11) is 1.33. The van der Waals surface area contributed by atoms with Crippen molar-refractivity contribution in [2.24, 2.45) is 0 Å². The normalized spacial score (nSPS) is 8.27. The van der Waals surface area contributed by atoms with E-state index in [4.69, 9.17) is 5.26 Å². The summed E-state index contributed by atoms with van der Waals surface area (Å²) in [5.41, 5.74) is 1.16. The van der Waals surface area contributed by atoms with Crippen LogP contribution in [0.3, 0.4) is 0 Å². The van der Waals surface area contributed by atoms with Crippen molar-refractivity contribution in [2.45, 2.75) is 6.42 Å². The minimum absolute atomic E-state index is 0.183. The molecule has 15 heavy (non-hydrogen) atoms. The second-order valence-corrected chi connectivity index (χ2v) is 2.71. The molecule has 0 aliphatic rings. The summed E-state index contributed by atoms with van der Waals surface area (Å²) in [6, 6.07) is 8.71. The van der Waals surface area contributed by atoms with E-state index in [2.05, 4.69) is 16.6 Å². The molecule has 0 unspecified atom stereocenters. The van der Waals surface area contributed by atoms with E-state index in [9.17, 15) is 4.79 Å². The van der Waals surface area contributed by atoms with Crippen LogP contribution in [0.1, 0.15) is 22.3 Å². The van der Waals surface area contributed by atoms with E-state index < -0.39 is 0 Å². The quantitative estimate of drug-likeness (QED) is 0.511. The highest BCUT2D eigenvalue weighted by atomic mass is 16.5. The zero-order valence-electron chi connectivity index (χ0n) is 8.28. The number of methoxy groups -OCH3 is 1. The van der Waals surface area contributed by atoms with Crippen LogP contribution in [0.15, 0.2) is 24.3 Å². The van der Waals surface area contributed by atoms with Crippen LogP contribution in [0.4, 0.5) is 0 Å². The van der Waals surface area contributed by atoms with Gasteiger partial charge >= 0.3 is 5.97 Å². The Morgan fingerprint density at radius 2 is 2.33 bits per heavy atom. The summed E-state index contributed by atoms with van der Waals surface area (Å²) in [6.45, 7) is 0. The van der Waals surface area contributed by atoms with Crippen LogP contribution in [-0.4, -0.2) is 13.1 Å². The van der Waals surface area contributed by atoms with Crippen molar-refractivity contribution in [3.8, 4) is 17.9 Å². The molecule has 1 rings (SSSR count). The van der Waals surface area contributed by atoms with Gasteiger partial charge in [-0.05, 0) is 18.2 Å². The molecule has 0 aliphatic carbocycles. The van der Waals surface area contributed by atoms with Crippen molar-refractivity contribution in [2.75, 3.05) is 7.11 Å². The number of rotatable bonds is 1. The van der Waals surface area contributed by atoms with Gasteiger partial charge in [0, 0.05) is 5.56 Å². The second-order valence-electron chi connectivity index (χ2n) is 2.71. The van der Waals surface area contributed by atoms with Crippen molar-refractivity contribution >= 4 is 5.97 Å². The fourth-order valence-corrected chi connectivity index (χ4v) is 1.03. The Balaban J connectivity index is 2.90. The minimum atomic E-state index is -0.390. The lowest BCUT2D eigenvalue weighted by Gasteiger charge is -1.98. The van der Waals surface area contributed by atoms with Crippen LogP contribution in [0.2, 0.25) is 0 Å². The van der Waals surface area contributed by atoms with E-state index in [0.717, 1.165) is 0 Å². The third-order valence-corrected chi connectivity index (χ3v) is 1.68. The highest BCUT2D eigenvalue weighted by Crippen LogP contribution is 2.05. The van der Waals surface area contributed by atoms with Crippen LogP contribution >= 0.6 is 0 Å². The first-order valence-corrected chi connectivity index (χ1v) is 4.32. The average Bonchev–Trinajstić information content (AvgIpc) is 2.29. The van der Waals surface area contributed by atoms with Crippen LogP contribution in [0, 0.1) is 23.2 Å². The Morgan fingerprint density at radius 3 is 3.00 bits per heavy atom. The Bertz CT molecular complexity index is 460. The molecule has 74 valence electrons. The molecule has 1 aromatic carbocycles. The Morgan fingerprint density at radius 1 is 1.53 bits per heavy atom. The summed E-state index contributed by atoms with van der Waals surface area (Å²) < 4.78 is 4.58. The number of hydrogen-bond acceptors (Lipinski definition) is 3. The molecule has 0 bridgehead atoms. The van der Waals surface area contributed by atoms with E-state index in [-0.39, 0.29) is 12.4 Å². The van der Waals surface area contributed by atoms with Gasteiger partial charge in [0.1, 0.15) is 0 Å². The molecule has 0 aliphatic heterocycles. The zero-order valence-corrected chi connectivity index (χ0v) is 8.28. The fourth-order valence-electron chi connectivity index (χ4n) is 1.03. The molecular weight excluding hydrogens is 190 g/mol. The first-order chi connectivity index (χ1) is 7.27. The molecule has 0 radical (unpaired) electrons.